The van der Waals surface area contributed by atoms with Gasteiger partial charge in [0, 0.05) is 30.4 Å². The van der Waals surface area contributed by atoms with Gasteiger partial charge in [-0.15, -0.1) is 0 Å². The maximum absolute atomic E-state index is 13.4. The van der Waals surface area contributed by atoms with Crippen LogP contribution in [0, 0.1) is 5.82 Å². The Morgan fingerprint density at radius 3 is 2.50 bits per heavy atom. The summed E-state index contributed by atoms with van der Waals surface area (Å²) < 4.78 is 13.4. The van der Waals surface area contributed by atoms with Crippen LogP contribution in [0.3, 0.4) is 0 Å². The quantitative estimate of drug-likeness (QED) is 0.563. The first-order chi connectivity index (χ1) is 14.3. The van der Waals surface area contributed by atoms with Crippen LogP contribution >= 0.6 is 23.2 Å². The van der Waals surface area contributed by atoms with Crippen molar-refractivity contribution in [3.8, 4) is 0 Å². The van der Waals surface area contributed by atoms with Crippen LogP contribution in [0.1, 0.15) is 27.2 Å². The summed E-state index contributed by atoms with van der Waals surface area (Å²) in [5, 5.41) is 9.93. The molecule has 0 saturated heterocycles. The molecule has 0 atom stereocenters. The molecule has 0 aliphatic heterocycles. The first kappa shape index (κ1) is 21.7. The van der Waals surface area contributed by atoms with Crippen molar-refractivity contribution in [2.75, 3.05) is 6.54 Å². The number of carboxylic acid groups (broad SMARTS) is 1. The van der Waals surface area contributed by atoms with E-state index in [-0.39, 0.29) is 17.9 Å². The summed E-state index contributed by atoms with van der Waals surface area (Å²) in [5.74, 6) is -1.96. The molecular formula is C22H17Cl2FN2O3. The van der Waals surface area contributed by atoms with Gasteiger partial charge in [-0.25, -0.2) is 4.39 Å². The molecule has 1 aromatic heterocycles. The van der Waals surface area contributed by atoms with Gasteiger partial charge in [-0.2, -0.15) is 0 Å². The van der Waals surface area contributed by atoms with Gasteiger partial charge >= 0.3 is 5.97 Å². The van der Waals surface area contributed by atoms with Crippen molar-refractivity contribution in [2.24, 2.45) is 0 Å². The molecule has 0 unspecified atom stereocenters. The molecule has 5 nitrogen and oxygen atoms in total. The third kappa shape index (κ3) is 5.78. The summed E-state index contributed by atoms with van der Waals surface area (Å²) in [4.78, 5) is 29.7. The molecule has 8 heteroatoms. The number of nitrogens with zero attached hydrogens (tertiary/aromatic N) is 2. The summed E-state index contributed by atoms with van der Waals surface area (Å²) in [6.45, 7) is -0.440. The van der Waals surface area contributed by atoms with E-state index in [4.69, 9.17) is 23.2 Å². The van der Waals surface area contributed by atoms with Crippen LogP contribution in [-0.4, -0.2) is 33.4 Å². The number of carboxylic acids is 1. The van der Waals surface area contributed by atoms with Crippen LogP contribution in [0.15, 0.2) is 60.8 Å². The largest absolute Gasteiger partial charge is 0.480 e. The Labute approximate surface area is 182 Å². The predicted octanol–water partition coefficient (Wildman–Crippen LogP) is 4.85. The second-order valence-electron chi connectivity index (χ2n) is 6.65. The van der Waals surface area contributed by atoms with E-state index in [0.717, 1.165) is 0 Å². The predicted molar refractivity (Wildman–Crippen MR) is 112 cm³/mol. The highest BCUT2D eigenvalue weighted by Gasteiger charge is 2.20. The molecule has 0 spiro atoms. The molecule has 3 aromatic rings. The van der Waals surface area contributed by atoms with Crippen molar-refractivity contribution >= 4 is 35.1 Å². The maximum Gasteiger partial charge on any atom is 0.323 e. The average molecular weight is 447 g/mol. The second-order valence-corrected chi connectivity index (χ2v) is 7.46. The SMILES string of the molecule is O=C(O)CN(Cc1ccc(Cl)c(Cl)c1)C(=O)c1ccnc(Cc2cccc(F)c2)c1. The highest BCUT2D eigenvalue weighted by molar-refractivity contribution is 6.42. The lowest BCUT2D eigenvalue weighted by molar-refractivity contribution is -0.137. The Morgan fingerprint density at radius 1 is 1.00 bits per heavy atom. The highest BCUT2D eigenvalue weighted by Crippen LogP contribution is 2.23. The Bertz CT molecular complexity index is 1090. The van der Waals surface area contributed by atoms with Crippen molar-refractivity contribution in [3.63, 3.8) is 0 Å². The third-order valence-corrected chi connectivity index (χ3v) is 5.05. The molecule has 0 aliphatic rings. The van der Waals surface area contributed by atoms with Crippen molar-refractivity contribution in [2.45, 2.75) is 13.0 Å². The molecule has 1 N–H and O–H groups in total. The summed E-state index contributed by atoms with van der Waals surface area (Å²) in [7, 11) is 0. The molecule has 30 heavy (non-hydrogen) atoms. The Morgan fingerprint density at radius 2 is 1.80 bits per heavy atom. The number of rotatable bonds is 7. The minimum atomic E-state index is -1.14. The van der Waals surface area contributed by atoms with Crippen LogP contribution in [0.25, 0.3) is 0 Å². The van der Waals surface area contributed by atoms with Crippen molar-refractivity contribution in [1.82, 2.24) is 9.88 Å². The number of aromatic nitrogens is 1. The highest BCUT2D eigenvalue weighted by atomic mass is 35.5. The molecule has 0 aliphatic carbocycles. The van der Waals surface area contributed by atoms with E-state index < -0.39 is 18.4 Å². The average Bonchev–Trinajstić information content (AvgIpc) is 2.69. The molecule has 2 aromatic carbocycles. The van der Waals surface area contributed by atoms with Gasteiger partial charge in [-0.3, -0.25) is 14.6 Å². The first-order valence-electron chi connectivity index (χ1n) is 8.96. The molecule has 0 fully saturated rings. The summed E-state index contributed by atoms with van der Waals surface area (Å²) in [6.07, 6.45) is 1.81. The monoisotopic (exact) mass is 446 g/mol. The van der Waals surface area contributed by atoms with Crippen molar-refractivity contribution in [3.05, 3.63) is 99.0 Å². The number of hydrogen-bond donors (Lipinski definition) is 1. The molecule has 1 heterocycles. The van der Waals surface area contributed by atoms with E-state index in [0.29, 0.717) is 33.3 Å². The van der Waals surface area contributed by atoms with E-state index >= 15 is 0 Å². The molecule has 154 valence electrons. The number of aliphatic carboxylic acids is 1. The van der Waals surface area contributed by atoms with Gasteiger partial charge in [0.05, 0.1) is 10.0 Å². The zero-order valence-electron chi connectivity index (χ0n) is 15.7. The molecule has 0 saturated carbocycles. The third-order valence-electron chi connectivity index (χ3n) is 4.31. The number of amides is 1. The van der Waals surface area contributed by atoms with Gasteiger partial charge in [-0.05, 0) is 47.5 Å². The van der Waals surface area contributed by atoms with Gasteiger partial charge in [0.25, 0.3) is 5.91 Å². The fraction of sp³-hybridized carbons (Fsp3) is 0.136. The van der Waals surface area contributed by atoms with Crippen LogP contribution in [0.4, 0.5) is 4.39 Å². The number of carbonyl (C=O) groups excluding carboxylic acids is 1. The number of halogens is 3. The number of benzene rings is 2. The van der Waals surface area contributed by atoms with Crippen LogP contribution in [0.5, 0.6) is 0 Å². The fourth-order valence-corrected chi connectivity index (χ4v) is 3.29. The Kier molecular flexibility index (Phi) is 7.03. The molecule has 1 amide bonds. The van der Waals surface area contributed by atoms with Gasteiger partial charge in [0.2, 0.25) is 0 Å². The zero-order valence-corrected chi connectivity index (χ0v) is 17.2. The van der Waals surface area contributed by atoms with Gasteiger partial charge in [-0.1, -0.05) is 41.4 Å². The van der Waals surface area contributed by atoms with E-state index in [1.54, 1.807) is 36.4 Å². The molecular weight excluding hydrogens is 430 g/mol. The van der Waals surface area contributed by atoms with Crippen molar-refractivity contribution < 1.29 is 19.1 Å². The van der Waals surface area contributed by atoms with Gasteiger partial charge < -0.3 is 10.0 Å². The number of carbonyl (C=O) groups is 2. The Hall–Kier alpha value is -2.96. The maximum atomic E-state index is 13.4. The normalized spacial score (nSPS) is 10.6. The van der Waals surface area contributed by atoms with Crippen LogP contribution in [-0.2, 0) is 17.8 Å². The lowest BCUT2D eigenvalue weighted by atomic mass is 10.1. The van der Waals surface area contributed by atoms with Crippen LogP contribution in [0.2, 0.25) is 10.0 Å². The molecule has 0 radical (unpaired) electrons. The fourth-order valence-electron chi connectivity index (χ4n) is 2.97. The van der Waals surface area contributed by atoms with Crippen molar-refractivity contribution in [1.29, 1.82) is 0 Å². The summed E-state index contributed by atoms with van der Waals surface area (Å²) >= 11 is 11.9. The summed E-state index contributed by atoms with van der Waals surface area (Å²) in [5.41, 5.74) is 2.22. The first-order valence-corrected chi connectivity index (χ1v) is 9.72. The number of hydrogen-bond acceptors (Lipinski definition) is 3. The van der Waals surface area contributed by atoms with E-state index in [2.05, 4.69) is 4.98 Å². The van der Waals surface area contributed by atoms with Crippen LogP contribution < -0.4 is 0 Å². The minimum Gasteiger partial charge on any atom is -0.480 e. The van der Waals surface area contributed by atoms with Gasteiger partial charge in [0.1, 0.15) is 12.4 Å². The standard InChI is InChI=1S/C22H17Cl2FN2O3/c23-19-5-4-15(10-20(19)24)12-27(13-21(28)29)22(30)16-6-7-26-18(11-16)9-14-2-1-3-17(25)8-14/h1-8,10-11H,9,12-13H2,(H,28,29). The topological polar surface area (TPSA) is 70.5 Å². The van der Waals surface area contributed by atoms with Gasteiger partial charge in [0.15, 0.2) is 0 Å². The zero-order chi connectivity index (χ0) is 21.7. The van der Waals surface area contributed by atoms with E-state index in [1.165, 1.54) is 29.3 Å². The van der Waals surface area contributed by atoms with E-state index in [1.807, 2.05) is 0 Å². The number of pyridine rings is 1. The summed E-state index contributed by atoms with van der Waals surface area (Å²) in [6, 6.07) is 14.1. The Balaban J connectivity index is 1.83. The molecule has 0 bridgehead atoms. The lowest BCUT2D eigenvalue weighted by Gasteiger charge is -2.21. The molecule has 3 rings (SSSR count). The minimum absolute atomic E-state index is 0.0452. The lowest BCUT2D eigenvalue weighted by Crippen LogP contribution is -2.35. The smallest absolute Gasteiger partial charge is 0.323 e. The van der Waals surface area contributed by atoms with E-state index in [9.17, 15) is 19.1 Å². The second kappa shape index (κ2) is 9.69.